The molecule has 1 aromatic carbocycles. The number of halogens is 1. The van der Waals surface area contributed by atoms with Gasteiger partial charge in [0.05, 0.1) is 0 Å². The molecule has 0 radical (unpaired) electrons. The van der Waals surface area contributed by atoms with Crippen molar-refractivity contribution in [3.8, 4) is 0 Å². The predicted molar refractivity (Wildman–Crippen MR) is 60.7 cm³/mol. The number of benzene rings is 1. The van der Waals surface area contributed by atoms with Gasteiger partial charge in [-0.15, -0.1) is 0 Å². The van der Waals surface area contributed by atoms with Gasteiger partial charge in [0.15, 0.2) is 0 Å². The maximum absolute atomic E-state index is 12.9. The minimum atomic E-state index is -0.182. The Morgan fingerprint density at radius 1 is 1.47 bits per heavy atom. The van der Waals surface area contributed by atoms with Gasteiger partial charge in [0.25, 0.3) is 0 Å². The van der Waals surface area contributed by atoms with Crippen molar-refractivity contribution >= 4 is 0 Å². The Morgan fingerprint density at radius 3 is 2.87 bits per heavy atom. The van der Waals surface area contributed by atoms with E-state index < -0.39 is 0 Å². The van der Waals surface area contributed by atoms with Gasteiger partial charge in [0.1, 0.15) is 5.82 Å². The highest BCUT2D eigenvalue weighted by molar-refractivity contribution is 5.17. The van der Waals surface area contributed by atoms with E-state index in [0.717, 1.165) is 31.2 Å². The van der Waals surface area contributed by atoms with Crippen LogP contribution in [0.1, 0.15) is 31.7 Å². The van der Waals surface area contributed by atoms with Gasteiger partial charge in [0, 0.05) is 6.04 Å². The zero-order chi connectivity index (χ0) is 11.1. The van der Waals surface area contributed by atoms with E-state index in [1.165, 1.54) is 6.07 Å². The summed E-state index contributed by atoms with van der Waals surface area (Å²) in [6.07, 6.45) is 4.11. The van der Waals surface area contributed by atoms with Gasteiger partial charge < -0.3 is 0 Å². The van der Waals surface area contributed by atoms with Crippen LogP contribution in [0.4, 0.5) is 4.39 Å². The quantitative estimate of drug-likeness (QED) is 0.559. The second kappa shape index (κ2) is 6.53. The van der Waals surface area contributed by atoms with Gasteiger partial charge in [-0.1, -0.05) is 31.9 Å². The van der Waals surface area contributed by atoms with Crippen LogP contribution in [0.25, 0.3) is 0 Å². The molecule has 0 amide bonds. The Bertz CT molecular complexity index is 289. The van der Waals surface area contributed by atoms with E-state index in [0.29, 0.717) is 0 Å². The highest BCUT2D eigenvalue weighted by Crippen LogP contribution is 2.09. The molecule has 0 aliphatic heterocycles. The molecule has 1 rings (SSSR count). The summed E-state index contributed by atoms with van der Waals surface area (Å²) in [6, 6.07) is 6.93. The lowest BCUT2D eigenvalue weighted by atomic mass is 10.0. The van der Waals surface area contributed by atoms with Crippen LogP contribution in [-0.2, 0) is 6.42 Å². The zero-order valence-corrected chi connectivity index (χ0v) is 9.17. The molecule has 0 saturated carbocycles. The Kier molecular flexibility index (Phi) is 5.29. The van der Waals surface area contributed by atoms with Gasteiger partial charge in [-0.2, -0.15) is 0 Å². The smallest absolute Gasteiger partial charge is 0.123 e. The van der Waals surface area contributed by atoms with E-state index in [2.05, 4.69) is 12.3 Å². The van der Waals surface area contributed by atoms with E-state index in [4.69, 9.17) is 5.84 Å². The largest absolute Gasteiger partial charge is 0.271 e. The van der Waals surface area contributed by atoms with Gasteiger partial charge in [0.2, 0.25) is 0 Å². The molecule has 1 aromatic rings. The average Bonchev–Trinajstić information content (AvgIpc) is 2.24. The van der Waals surface area contributed by atoms with Crippen LogP contribution >= 0.6 is 0 Å². The summed E-state index contributed by atoms with van der Waals surface area (Å²) in [4.78, 5) is 0. The highest BCUT2D eigenvalue weighted by Gasteiger charge is 2.07. The van der Waals surface area contributed by atoms with Crippen LogP contribution in [0.3, 0.4) is 0 Å². The van der Waals surface area contributed by atoms with Crippen LogP contribution in [0.5, 0.6) is 0 Å². The maximum atomic E-state index is 12.9. The molecule has 0 heterocycles. The van der Waals surface area contributed by atoms with Crippen molar-refractivity contribution in [3.05, 3.63) is 35.6 Å². The molecule has 0 fully saturated rings. The number of nitrogens with one attached hydrogen (secondary N) is 1. The molecule has 3 heteroatoms. The van der Waals surface area contributed by atoms with Crippen LogP contribution in [0.15, 0.2) is 24.3 Å². The third kappa shape index (κ3) is 4.40. The first kappa shape index (κ1) is 12.1. The fraction of sp³-hybridized carbons (Fsp3) is 0.500. The number of nitrogens with two attached hydrogens (primary N) is 1. The number of hydrazine groups is 1. The lowest BCUT2D eigenvalue weighted by molar-refractivity contribution is 0.472. The van der Waals surface area contributed by atoms with Gasteiger partial charge in [-0.25, -0.2) is 4.39 Å². The predicted octanol–water partition coefficient (Wildman–Crippen LogP) is 2.39. The lowest BCUT2D eigenvalue weighted by Crippen LogP contribution is -2.36. The average molecular weight is 210 g/mol. The molecule has 1 unspecified atom stereocenters. The van der Waals surface area contributed by atoms with Crippen LogP contribution in [0.2, 0.25) is 0 Å². The zero-order valence-electron chi connectivity index (χ0n) is 9.17. The normalized spacial score (nSPS) is 12.7. The standard InChI is InChI=1S/C12H19FN2/c1-2-3-7-12(15-14)9-10-5-4-6-11(13)8-10/h4-6,8,12,15H,2-3,7,9,14H2,1H3. The second-order valence-corrected chi connectivity index (χ2v) is 3.84. The Morgan fingerprint density at radius 2 is 2.27 bits per heavy atom. The Balaban J connectivity index is 2.50. The third-order valence-electron chi connectivity index (χ3n) is 2.51. The SMILES string of the molecule is CCCCC(Cc1cccc(F)c1)NN. The van der Waals surface area contributed by atoms with Crippen molar-refractivity contribution < 1.29 is 4.39 Å². The molecule has 3 N–H and O–H groups in total. The molecule has 0 bridgehead atoms. The summed E-state index contributed by atoms with van der Waals surface area (Å²) < 4.78 is 12.9. The molecular formula is C12H19FN2. The van der Waals surface area contributed by atoms with Crippen LogP contribution in [-0.4, -0.2) is 6.04 Å². The first-order valence-electron chi connectivity index (χ1n) is 5.46. The maximum Gasteiger partial charge on any atom is 0.123 e. The summed E-state index contributed by atoms with van der Waals surface area (Å²) in [5, 5.41) is 0. The van der Waals surface area contributed by atoms with Crippen molar-refractivity contribution in [1.29, 1.82) is 0 Å². The summed E-state index contributed by atoms with van der Waals surface area (Å²) in [5.41, 5.74) is 3.78. The number of rotatable bonds is 6. The number of hydrogen-bond donors (Lipinski definition) is 2. The molecule has 0 aromatic heterocycles. The molecule has 84 valence electrons. The number of hydrogen-bond acceptors (Lipinski definition) is 2. The van der Waals surface area contributed by atoms with Crippen molar-refractivity contribution in [1.82, 2.24) is 5.43 Å². The van der Waals surface area contributed by atoms with Crippen LogP contribution in [0, 0.1) is 5.82 Å². The monoisotopic (exact) mass is 210 g/mol. The molecule has 0 spiro atoms. The van der Waals surface area contributed by atoms with Crippen molar-refractivity contribution in [2.75, 3.05) is 0 Å². The van der Waals surface area contributed by atoms with Gasteiger partial charge >= 0.3 is 0 Å². The van der Waals surface area contributed by atoms with E-state index in [1.807, 2.05) is 6.07 Å². The molecule has 0 saturated heterocycles. The molecule has 0 aliphatic rings. The minimum Gasteiger partial charge on any atom is -0.271 e. The molecular weight excluding hydrogens is 191 g/mol. The van der Waals surface area contributed by atoms with E-state index >= 15 is 0 Å². The van der Waals surface area contributed by atoms with Gasteiger partial charge in [-0.3, -0.25) is 11.3 Å². The topological polar surface area (TPSA) is 38.0 Å². The second-order valence-electron chi connectivity index (χ2n) is 3.84. The van der Waals surface area contributed by atoms with E-state index in [-0.39, 0.29) is 11.9 Å². The third-order valence-corrected chi connectivity index (χ3v) is 2.51. The van der Waals surface area contributed by atoms with Gasteiger partial charge in [-0.05, 0) is 30.5 Å². The Hall–Kier alpha value is -0.930. The summed E-state index contributed by atoms with van der Waals surface area (Å²) >= 11 is 0. The lowest BCUT2D eigenvalue weighted by Gasteiger charge is -2.15. The highest BCUT2D eigenvalue weighted by atomic mass is 19.1. The number of unbranched alkanes of at least 4 members (excludes halogenated alkanes) is 1. The summed E-state index contributed by atoms with van der Waals surface area (Å²) in [6.45, 7) is 2.15. The van der Waals surface area contributed by atoms with Crippen molar-refractivity contribution in [3.63, 3.8) is 0 Å². The summed E-state index contributed by atoms with van der Waals surface area (Å²) in [7, 11) is 0. The van der Waals surface area contributed by atoms with E-state index in [1.54, 1.807) is 12.1 Å². The van der Waals surface area contributed by atoms with Crippen LogP contribution < -0.4 is 11.3 Å². The minimum absolute atomic E-state index is 0.182. The van der Waals surface area contributed by atoms with E-state index in [9.17, 15) is 4.39 Å². The molecule has 0 aliphatic carbocycles. The first-order chi connectivity index (χ1) is 7.26. The fourth-order valence-corrected chi connectivity index (χ4v) is 1.64. The first-order valence-corrected chi connectivity index (χ1v) is 5.46. The fourth-order valence-electron chi connectivity index (χ4n) is 1.64. The Labute approximate surface area is 90.6 Å². The van der Waals surface area contributed by atoms with Crippen molar-refractivity contribution in [2.45, 2.75) is 38.6 Å². The molecule has 1 atom stereocenters. The molecule has 2 nitrogen and oxygen atoms in total. The summed E-state index contributed by atoms with van der Waals surface area (Å²) in [5.74, 6) is 5.27. The van der Waals surface area contributed by atoms with Crippen molar-refractivity contribution in [2.24, 2.45) is 5.84 Å². The molecule has 15 heavy (non-hydrogen) atoms.